The van der Waals surface area contributed by atoms with Gasteiger partial charge in [0, 0.05) is 12.6 Å². The number of aliphatic carboxylic acids is 1. The third kappa shape index (κ3) is 4.03. The highest BCUT2D eigenvalue weighted by Crippen LogP contribution is 2.41. The maximum absolute atomic E-state index is 13.1. The van der Waals surface area contributed by atoms with Crippen LogP contribution >= 0.6 is 0 Å². The summed E-state index contributed by atoms with van der Waals surface area (Å²) in [6.45, 7) is 4.79. The minimum Gasteiger partial charge on any atom is -0.550 e. The summed E-state index contributed by atoms with van der Waals surface area (Å²) in [6, 6.07) is 6.13. The average Bonchev–Trinajstić information content (AvgIpc) is 2.46. The van der Waals surface area contributed by atoms with Crippen molar-refractivity contribution in [3.8, 4) is 0 Å². The Hall–Kier alpha value is -1.42. The van der Waals surface area contributed by atoms with E-state index in [2.05, 4.69) is 13.8 Å². The lowest BCUT2D eigenvalue weighted by atomic mass is 9.74. The van der Waals surface area contributed by atoms with Gasteiger partial charge in [0.05, 0.1) is 5.60 Å². The number of hydrogen-bond acceptors (Lipinski definition) is 3. The molecule has 1 aliphatic rings. The van der Waals surface area contributed by atoms with Gasteiger partial charge < -0.3 is 14.6 Å². The van der Waals surface area contributed by atoms with Gasteiger partial charge >= 0.3 is 0 Å². The maximum atomic E-state index is 13.1. The Bertz CT molecular complexity index is 485. The van der Waals surface area contributed by atoms with Crippen molar-refractivity contribution in [2.45, 2.75) is 51.0 Å². The van der Waals surface area contributed by atoms with E-state index < -0.39 is 5.97 Å². The van der Waals surface area contributed by atoms with Crippen molar-refractivity contribution in [2.75, 3.05) is 6.61 Å². The molecule has 0 aliphatic carbocycles. The molecule has 4 heteroatoms. The summed E-state index contributed by atoms with van der Waals surface area (Å²) < 4.78 is 18.9. The van der Waals surface area contributed by atoms with E-state index in [0.29, 0.717) is 6.61 Å². The second-order valence-electron chi connectivity index (χ2n) is 6.14. The summed E-state index contributed by atoms with van der Waals surface area (Å²) in [5, 5.41) is 11.1. The molecule has 0 unspecified atom stereocenters. The van der Waals surface area contributed by atoms with Crippen molar-refractivity contribution in [1.82, 2.24) is 0 Å². The van der Waals surface area contributed by atoms with Crippen LogP contribution in [0.25, 0.3) is 0 Å². The molecule has 0 bridgehead atoms. The largest absolute Gasteiger partial charge is 0.550 e. The van der Waals surface area contributed by atoms with Gasteiger partial charge in [-0.15, -0.1) is 0 Å². The molecular weight excluding hydrogens is 271 g/mol. The Balaban J connectivity index is 2.23. The van der Waals surface area contributed by atoms with E-state index in [9.17, 15) is 14.3 Å². The fraction of sp³-hybridized carbons (Fsp3) is 0.588. The van der Waals surface area contributed by atoms with Gasteiger partial charge in [-0.3, -0.25) is 0 Å². The third-order valence-corrected chi connectivity index (χ3v) is 4.63. The van der Waals surface area contributed by atoms with Gasteiger partial charge in [0.2, 0.25) is 0 Å². The normalized spacial score (nSPS) is 27.3. The van der Waals surface area contributed by atoms with Gasteiger partial charge in [-0.2, -0.15) is 0 Å². The number of ether oxygens (including phenoxy) is 1. The van der Waals surface area contributed by atoms with E-state index in [1.54, 1.807) is 12.1 Å². The molecule has 0 spiro atoms. The van der Waals surface area contributed by atoms with E-state index in [-0.39, 0.29) is 29.7 Å². The number of rotatable bonds is 5. The molecule has 1 saturated heterocycles. The first-order chi connectivity index (χ1) is 9.93. The molecule has 1 aromatic rings. The van der Waals surface area contributed by atoms with Crippen molar-refractivity contribution in [1.29, 1.82) is 0 Å². The molecule has 1 aliphatic heterocycles. The molecule has 0 saturated carbocycles. The van der Waals surface area contributed by atoms with E-state index in [0.717, 1.165) is 24.8 Å². The number of carboxylic acid groups (broad SMARTS) is 1. The Kier molecular flexibility index (Phi) is 4.99. The third-order valence-electron chi connectivity index (χ3n) is 4.63. The number of carbonyl (C=O) groups is 1. The molecule has 3 nitrogen and oxygen atoms in total. The van der Waals surface area contributed by atoms with Crippen LogP contribution in [0.15, 0.2) is 24.3 Å². The Morgan fingerprint density at radius 2 is 2.14 bits per heavy atom. The van der Waals surface area contributed by atoms with Gasteiger partial charge in [-0.1, -0.05) is 19.1 Å². The Morgan fingerprint density at radius 1 is 1.48 bits per heavy atom. The minimum atomic E-state index is -1.06. The fourth-order valence-electron chi connectivity index (χ4n) is 3.21. The molecule has 0 radical (unpaired) electrons. The molecule has 1 heterocycles. The van der Waals surface area contributed by atoms with Gasteiger partial charge in [0.15, 0.2) is 0 Å². The molecule has 0 aromatic heterocycles. The van der Waals surface area contributed by atoms with Crippen molar-refractivity contribution in [3.63, 3.8) is 0 Å². The van der Waals surface area contributed by atoms with E-state index in [1.807, 2.05) is 0 Å². The smallest absolute Gasteiger partial charge is 0.123 e. The zero-order valence-corrected chi connectivity index (χ0v) is 12.6. The Morgan fingerprint density at radius 3 is 2.71 bits per heavy atom. The van der Waals surface area contributed by atoms with Crippen LogP contribution in [0.3, 0.4) is 0 Å². The molecule has 21 heavy (non-hydrogen) atoms. The zero-order valence-electron chi connectivity index (χ0n) is 12.6. The van der Waals surface area contributed by atoms with Crippen LogP contribution in [0.5, 0.6) is 0 Å². The van der Waals surface area contributed by atoms with Gasteiger partial charge in [0.25, 0.3) is 0 Å². The number of carboxylic acids is 1. The number of halogens is 1. The molecule has 0 N–H and O–H groups in total. The average molecular weight is 293 g/mol. The quantitative estimate of drug-likeness (QED) is 0.838. The van der Waals surface area contributed by atoms with Crippen LogP contribution in [-0.2, 0) is 9.53 Å². The van der Waals surface area contributed by atoms with Crippen molar-refractivity contribution in [3.05, 3.63) is 35.6 Å². The lowest BCUT2D eigenvalue weighted by Crippen LogP contribution is -2.39. The summed E-state index contributed by atoms with van der Waals surface area (Å²) >= 11 is 0. The topological polar surface area (TPSA) is 49.4 Å². The number of carbonyl (C=O) groups excluding carboxylic acids is 1. The predicted molar refractivity (Wildman–Crippen MR) is 76.1 cm³/mol. The lowest BCUT2D eigenvalue weighted by molar-refractivity contribution is -0.306. The molecule has 1 aromatic carbocycles. The van der Waals surface area contributed by atoms with Crippen LogP contribution in [-0.4, -0.2) is 18.2 Å². The van der Waals surface area contributed by atoms with E-state index in [4.69, 9.17) is 4.74 Å². The zero-order chi connectivity index (χ0) is 15.5. The monoisotopic (exact) mass is 293 g/mol. The minimum absolute atomic E-state index is 0.0317. The summed E-state index contributed by atoms with van der Waals surface area (Å²) in [7, 11) is 0. The van der Waals surface area contributed by atoms with Crippen molar-refractivity contribution < 1.29 is 19.0 Å². The standard InChI is InChI=1S/C17H23FO3/c1-3-17(2)11-13(8-9-21-17)15(10-16(19)20)12-4-6-14(18)7-5-12/h4-7,13,15H,3,8-11H2,1-2H3,(H,19,20)/p-1/t13-,15+,17+/m1/s1. The molecule has 1 fully saturated rings. The highest BCUT2D eigenvalue weighted by Gasteiger charge is 2.36. The second-order valence-corrected chi connectivity index (χ2v) is 6.14. The summed E-state index contributed by atoms with van der Waals surface area (Å²) in [4.78, 5) is 11.1. The van der Waals surface area contributed by atoms with Crippen LogP contribution in [0, 0.1) is 11.7 Å². The fourth-order valence-corrected chi connectivity index (χ4v) is 3.21. The molecule has 2 rings (SSSR count). The van der Waals surface area contributed by atoms with Crippen LogP contribution in [0.1, 0.15) is 51.0 Å². The van der Waals surface area contributed by atoms with Crippen LogP contribution < -0.4 is 5.11 Å². The van der Waals surface area contributed by atoms with Gasteiger partial charge in [0.1, 0.15) is 5.82 Å². The van der Waals surface area contributed by atoms with Crippen molar-refractivity contribution >= 4 is 5.97 Å². The van der Waals surface area contributed by atoms with Crippen LogP contribution in [0.4, 0.5) is 4.39 Å². The Labute approximate surface area is 125 Å². The second kappa shape index (κ2) is 6.56. The number of hydrogen-bond donors (Lipinski definition) is 0. The maximum Gasteiger partial charge on any atom is 0.123 e. The lowest BCUT2D eigenvalue weighted by Gasteiger charge is -2.41. The SMILES string of the molecule is CC[C@@]1(C)C[C@H]([C@@H](CC(=O)[O-])c2ccc(F)cc2)CCO1. The molecule has 3 atom stereocenters. The number of benzene rings is 1. The summed E-state index contributed by atoms with van der Waals surface area (Å²) in [6.07, 6.45) is 2.50. The first-order valence-electron chi connectivity index (χ1n) is 7.53. The predicted octanol–water partition coefficient (Wildman–Crippen LogP) is 2.64. The first kappa shape index (κ1) is 16.0. The van der Waals surface area contributed by atoms with E-state index in [1.165, 1.54) is 12.1 Å². The molecule has 0 amide bonds. The van der Waals surface area contributed by atoms with E-state index >= 15 is 0 Å². The molecular formula is C17H22FO3-. The van der Waals surface area contributed by atoms with Gasteiger partial charge in [-0.25, -0.2) is 4.39 Å². The highest BCUT2D eigenvalue weighted by molar-refractivity contribution is 5.65. The summed E-state index contributed by atoms with van der Waals surface area (Å²) in [5.74, 6) is -1.30. The molecule has 116 valence electrons. The first-order valence-corrected chi connectivity index (χ1v) is 7.53. The summed E-state index contributed by atoms with van der Waals surface area (Å²) in [5.41, 5.74) is 0.665. The highest BCUT2D eigenvalue weighted by atomic mass is 19.1. The van der Waals surface area contributed by atoms with Crippen molar-refractivity contribution in [2.24, 2.45) is 5.92 Å². The van der Waals surface area contributed by atoms with Crippen LogP contribution in [0.2, 0.25) is 0 Å². The van der Waals surface area contributed by atoms with Gasteiger partial charge in [-0.05, 0) is 62.1 Å².